The van der Waals surface area contributed by atoms with Crippen LogP contribution < -0.4 is 15.4 Å². The highest BCUT2D eigenvalue weighted by Crippen LogP contribution is 2.45. The van der Waals surface area contributed by atoms with Crippen molar-refractivity contribution in [2.24, 2.45) is 5.92 Å². The van der Waals surface area contributed by atoms with Crippen molar-refractivity contribution >= 4 is 23.0 Å². The van der Waals surface area contributed by atoms with E-state index >= 15 is 0 Å². The van der Waals surface area contributed by atoms with Crippen LogP contribution in [0.4, 0.5) is 17.1 Å². The van der Waals surface area contributed by atoms with Gasteiger partial charge in [-0.25, -0.2) is 0 Å². The molecule has 35 heavy (non-hydrogen) atoms. The fourth-order valence-corrected chi connectivity index (χ4v) is 4.57. The van der Waals surface area contributed by atoms with E-state index in [1.54, 1.807) is 0 Å². The average Bonchev–Trinajstić information content (AvgIpc) is 3.73. The number of amides is 1. The van der Waals surface area contributed by atoms with E-state index in [0.29, 0.717) is 24.9 Å². The molecule has 0 heterocycles. The lowest BCUT2D eigenvalue weighted by atomic mass is 9.95. The molecule has 4 nitrogen and oxygen atoms in total. The van der Waals surface area contributed by atoms with E-state index < -0.39 is 0 Å². The first-order chi connectivity index (χ1) is 17.2. The van der Waals surface area contributed by atoms with Crippen LogP contribution in [-0.4, -0.2) is 5.91 Å². The summed E-state index contributed by atoms with van der Waals surface area (Å²) in [6, 6.07) is 24.5. The maximum absolute atomic E-state index is 12.7. The number of para-hydroxylation sites is 2. The second-order valence-electron chi connectivity index (χ2n) is 9.62. The molecule has 3 aromatic carbocycles. The largest absolute Gasteiger partial charge is 0.489 e. The molecule has 1 unspecified atom stereocenters. The Morgan fingerprint density at radius 3 is 2.37 bits per heavy atom. The molecule has 0 radical (unpaired) electrons. The van der Waals surface area contributed by atoms with Gasteiger partial charge in [0, 0.05) is 12.1 Å². The topological polar surface area (TPSA) is 50.4 Å². The third-order valence-electron chi connectivity index (χ3n) is 6.81. The quantitative estimate of drug-likeness (QED) is 0.263. The second-order valence-corrected chi connectivity index (χ2v) is 9.62. The Hall–Kier alpha value is -3.27. The van der Waals surface area contributed by atoms with Crippen molar-refractivity contribution in [3.05, 3.63) is 83.9 Å². The van der Waals surface area contributed by atoms with Gasteiger partial charge in [0.05, 0.1) is 11.4 Å². The van der Waals surface area contributed by atoms with Crippen molar-refractivity contribution in [1.82, 2.24) is 0 Å². The number of anilines is 3. The lowest BCUT2D eigenvalue weighted by molar-refractivity contribution is -0.116. The van der Waals surface area contributed by atoms with Crippen LogP contribution in [0.2, 0.25) is 0 Å². The lowest BCUT2D eigenvalue weighted by Gasteiger charge is -2.18. The summed E-state index contributed by atoms with van der Waals surface area (Å²) in [7, 11) is 0. The van der Waals surface area contributed by atoms with Crippen LogP contribution in [-0.2, 0) is 11.4 Å². The molecule has 0 spiro atoms. The van der Waals surface area contributed by atoms with Gasteiger partial charge >= 0.3 is 0 Å². The number of hydrogen-bond donors (Lipinski definition) is 2. The highest BCUT2D eigenvalue weighted by atomic mass is 16.5. The zero-order valence-corrected chi connectivity index (χ0v) is 21.1. The summed E-state index contributed by atoms with van der Waals surface area (Å²) < 4.78 is 6.08. The van der Waals surface area contributed by atoms with Gasteiger partial charge in [-0.05, 0) is 72.6 Å². The Bertz CT molecular complexity index is 1090. The van der Waals surface area contributed by atoms with Crippen LogP contribution in [0.25, 0.3) is 0 Å². The van der Waals surface area contributed by atoms with Gasteiger partial charge in [-0.15, -0.1) is 0 Å². The molecular weight excluding hydrogens is 432 g/mol. The van der Waals surface area contributed by atoms with Gasteiger partial charge in [-0.1, -0.05) is 75.6 Å². The van der Waals surface area contributed by atoms with E-state index in [9.17, 15) is 4.79 Å². The van der Waals surface area contributed by atoms with Crippen LogP contribution in [0.15, 0.2) is 72.8 Å². The number of carbonyl (C=O) groups is 1. The Kier molecular flexibility index (Phi) is 8.83. The first-order valence-corrected chi connectivity index (χ1v) is 13.1. The molecule has 1 aliphatic rings. The predicted molar refractivity (Wildman–Crippen MR) is 145 cm³/mol. The molecule has 1 fully saturated rings. The van der Waals surface area contributed by atoms with Gasteiger partial charge in [-0.2, -0.15) is 0 Å². The number of rotatable bonds is 13. The minimum atomic E-state index is 0.0841. The van der Waals surface area contributed by atoms with E-state index in [2.05, 4.69) is 48.7 Å². The van der Waals surface area contributed by atoms with Crippen molar-refractivity contribution in [3.8, 4) is 5.75 Å². The summed E-state index contributed by atoms with van der Waals surface area (Å²) in [5.41, 5.74) is 5.26. The predicted octanol–water partition coefficient (Wildman–Crippen LogP) is 8.43. The number of nitrogens with one attached hydrogen (secondary N) is 2. The van der Waals surface area contributed by atoms with Crippen molar-refractivity contribution in [2.75, 3.05) is 10.6 Å². The Morgan fingerprint density at radius 1 is 0.914 bits per heavy atom. The number of ether oxygens (including phenoxy) is 1. The van der Waals surface area contributed by atoms with Gasteiger partial charge in [0.25, 0.3) is 0 Å². The molecule has 1 aliphatic carbocycles. The van der Waals surface area contributed by atoms with Gasteiger partial charge in [0.1, 0.15) is 12.4 Å². The summed E-state index contributed by atoms with van der Waals surface area (Å²) in [5.74, 6) is 2.16. The lowest BCUT2D eigenvalue weighted by Crippen LogP contribution is -2.14. The van der Waals surface area contributed by atoms with Crippen LogP contribution in [0.5, 0.6) is 5.75 Å². The Labute approximate surface area is 210 Å². The molecule has 4 heteroatoms. The summed E-state index contributed by atoms with van der Waals surface area (Å²) >= 11 is 0. The van der Waals surface area contributed by atoms with E-state index in [1.165, 1.54) is 31.2 Å². The third kappa shape index (κ3) is 7.35. The monoisotopic (exact) mass is 470 g/mol. The Morgan fingerprint density at radius 2 is 1.66 bits per heavy atom. The maximum Gasteiger partial charge on any atom is 0.224 e. The minimum Gasteiger partial charge on any atom is -0.489 e. The summed E-state index contributed by atoms with van der Waals surface area (Å²) in [4.78, 5) is 12.7. The minimum absolute atomic E-state index is 0.0841. The fraction of sp³-hybridized carbons (Fsp3) is 0.387. The Balaban J connectivity index is 1.43. The molecule has 0 saturated heterocycles. The molecule has 0 aliphatic heterocycles. The molecule has 1 saturated carbocycles. The summed E-state index contributed by atoms with van der Waals surface area (Å²) in [6.45, 7) is 4.99. The second kappa shape index (κ2) is 12.4. The fourth-order valence-electron chi connectivity index (χ4n) is 4.57. The SMILES string of the molecule is CCCC(CC)CCC(=O)Nc1ccccc1Nc1ccc(OCc2ccccc2)cc1C1CC1. The molecule has 1 amide bonds. The summed E-state index contributed by atoms with van der Waals surface area (Å²) in [5, 5.41) is 6.74. The number of benzene rings is 3. The van der Waals surface area contributed by atoms with Crippen LogP contribution in [0.3, 0.4) is 0 Å². The first-order valence-electron chi connectivity index (χ1n) is 13.1. The summed E-state index contributed by atoms with van der Waals surface area (Å²) in [6.07, 6.45) is 7.41. The van der Waals surface area contributed by atoms with Gasteiger partial charge in [0.15, 0.2) is 0 Å². The van der Waals surface area contributed by atoms with Gasteiger partial charge in [0.2, 0.25) is 5.91 Å². The van der Waals surface area contributed by atoms with Crippen LogP contribution in [0.1, 0.15) is 75.8 Å². The van der Waals surface area contributed by atoms with Crippen molar-refractivity contribution in [1.29, 1.82) is 0 Å². The highest BCUT2D eigenvalue weighted by Gasteiger charge is 2.27. The van der Waals surface area contributed by atoms with Gasteiger partial charge < -0.3 is 15.4 Å². The molecular formula is C31H38N2O2. The zero-order valence-electron chi connectivity index (χ0n) is 21.1. The van der Waals surface area contributed by atoms with Crippen molar-refractivity contribution in [3.63, 3.8) is 0 Å². The maximum atomic E-state index is 12.7. The van der Waals surface area contributed by atoms with E-state index in [4.69, 9.17) is 4.74 Å². The number of carbonyl (C=O) groups excluding carboxylic acids is 1. The zero-order chi connectivity index (χ0) is 24.5. The average molecular weight is 471 g/mol. The highest BCUT2D eigenvalue weighted by molar-refractivity contribution is 5.95. The molecule has 3 aromatic rings. The third-order valence-corrected chi connectivity index (χ3v) is 6.81. The molecule has 1 atom stereocenters. The standard InChI is InChI=1S/C31H38N2O2/c1-3-10-23(4-2)15-20-31(34)33-30-14-9-8-13-29(30)32-28-19-18-26(21-27(28)25-16-17-25)35-22-24-11-6-5-7-12-24/h5-9,11-14,18-19,21,23,25,32H,3-4,10,15-17,20,22H2,1-2H3,(H,33,34). The molecule has 2 N–H and O–H groups in total. The van der Waals surface area contributed by atoms with E-state index in [0.717, 1.165) is 41.2 Å². The van der Waals surface area contributed by atoms with Crippen LogP contribution in [0, 0.1) is 5.92 Å². The first kappa shape index (κ1) is 24.8. The molecule has 4 rings (SSSR count). The van der Waals surface area contributed by atoms with Gasteiger partial charge in [-0.3, -0.25) is 4.79 Å². The van der Waals surface area contributed by atoms with Crippen LogP contribution >= 0.6 is 0 Å². The smallest absolute Gasteiger partial charge is 0.224 e. The van der Waals surface area contributed by atoms with E-state index in [1.807, 2.05) is 48.5 Å². The normalized spacial score (nSPS) is 13.8. The van der Waals surface area contributed by atoms with E-state index in [-0.39, 0.29) is 5.91 Å². The number of hydrogen-bond acceptors (Lipinski definition) is 3. The van der Waals surface area contributed by atoms with Crippen molar-refractivity contribution < 1.29 is 9.53 Å². The molecule has 0 aromatic heterocycles. The van der Waals surface area contributed by atoms with Crippen molar-refractivity contribution in [2.45, 2.75) is 71.3 Å². The molecule has 0 bridgehead atoms. The molecule has 184 valence electrons.